The lowest BCUT2D eigenvalue weighted by molar-refractivity contribution is 0.569. The molecule has 0 fully saturated rings. The minimum atomic E-state index is -0.790. The van der Waals surface area contributed by atoms with E-state index in [0.717, 1.165) is 106 Å². The summed E-state index contributed by atoms with van der Waals surface area (Å²) in [6, 6.07) is 76.8. The lowest BCUT2D eigenvalue weighted by Gasteiger charge is -2.46. The summed E-state index contributed by atoms with van der Waals surface area (Å²) in [5, 5.41) is -0.156. The highest BCUT2D eigenvalue weighted by atomic mass is 15.2. The molecular weight excluding hydrogens is 1330 g/mol. The van der Waals surface area contributed by atoms with Crippen LogP contribution in [-0.2, 0) is 21.7 Å². The van der Waals surface area contributed by atoms with Crippen LogP contribution in [0.4, 0.5) is 34.1 Å². The van der Waals surface area contributed by atoms with Crippen molar-refractivity contribution < 1.29 is 17.8 Å². The van der Waals surface area contributed by atoms with Gasteiger partial charge in [0, 0.05) is 72.6 Å². The summed E-state index contributed by atoms with van der Waals surface area (Å²) in [7, 11) is 0. The van der Waals surface area contributed by atoms with Gasteiger partial charge in [0.05, 0.1) is 40.2 Å². The van der Waals surface area contributed by atoms with Gasteiger partial charge < -0.3 is 14.4 Å². The second-order valence-corrected chi connectivity index (χ2v) is 33.1. The molecule has 0 bridgehead atoms. The molecule has 2 aliphatic rings. The van der Waals surface area contributed by atoms with E-state index in [4.69, 9.17) is 16.3 Å². The minimum Gasteiger partial charge on any atom is -0.310 e. The van der Waals surface area contributed by atoms with Crippen molar-refractivity contribution in [2.24, 2.45) is 0 Å². The summed E-state index contributed by atoms with van der Waals surface area (Å²) in [5.74, 6) is 1.16. The highest BCUT2D eigenvalue weighted by molar-refractivity contribution is 7.00. The molecule has 0 amide bonds. The summed E-state index contributed by atoms with van der Waals surface area (Å²) in [6.45, 7) is 25.8. The molecule has 0 spiro atoms. The first-order valence-corrected chi connectivity index (χ1v) is 37.7. The van der Waals surface area contributed by atoms with E-state index in [0.29, 0.717) is 57.0 Å². The van der Waals surface area contributed by atoms with Crippen LogP contribution in [0.15, 0.2) is 321 Å². The maximum absolute atomic E-state index is 10.0. The molecule has 2 aromatic heterocycles. The monoisotopic (exact) mass is 1430 g/mol. The van der Waals surface area contributed by atoms with Crippen molar-refractivity contribution in [3.8, 4) is 95.5 Å². The Balaban J connectivity index is 1.11. The van der Waals surface area contributed by atoms with E-state index in [1.807, 2.05) is 127 Å². The molecule has 0 atom stereocenters. The maximum atomic E-state index is 10.0. The Kier molecular flexibility index (Phi) is 13.6. The molecule has 14 aromatic carbocycles. The molecule has 4 heterocycles. The number of nitrogens with zero attached hydrogens (tertiary/aromatic N) is 6. The predicted molar refractivity (Wildman–Crippen MR) is 466 cm³/mol. The van der Waals surface area contributed by atoms with Crippen LogP contribution < -0.4 is 26.2 Å². The quantitative estimate of drug-likeness (QED) is 0.121. The molecule has 2 aliphatic heterocycles. The number of hydrogen-bond donors (Lipinski definition) is 0. The van der Waals surface area contributed by atoms with E-state index >= 15 is 0 Å². The van der Waals surface area contributed by atoms with Crippen LogP contribution in [0.2, 0.25) is 0 Å². The molecular formula is C103H89BN6. The third-order valence-corrected chi connectivity index (χ3v) is 21.7. The van der Waals surface area contributed by atoms with Crippen molar-refractivity contribution >= 4 is 79.0 Å². The SMILES string of the molecule is [2H]c1c([2H])c([2H])c(-c2ccc3c(c2)N(c2c(-c4ccccc4)cc(C(C)(C)C)cc2-c2ccccc2)c2cc(-c4cc(C(C)(C)C)cc(C(C)(C)C)c4)cc4c2B3c2ccc(-n3c5c([2H])c([2H])c([2H])c([2H])c5c5c([2H])c([2H])c([2H])c([2H])c53)cc2N4c2c(-c3ccccc3)cc(C(C)(C)C)cc2-c2nc(-c3ccccc3)nc(-c3ccccc3)n2)c([2H])c1[2H]. The average Bonchev–Trinajstić information content (AvgIpc) is 1.62. The van der Waals surface area contributed by atoms with Gasteiger partial charge in [0.2, 0.25) is 0 Å². The molecule has 0 saturated carbocycles. The van der Waals surface area contributed by atoms with E-state index < -0.39 is 84.0 Å². The van der Waals surface area contributed by atoms with E-state index in [-0.39, 0.29) is 50.3 Å². The Bertz CT molecular complexity index is 6820. The minimum absolute atomic E-state index is 0.0122. The third-order valence-electron chi connectivity index (χ3n) is 21.7. The Hall–Kier alpha value is -12.4. The number of aromatic nitrogens is 4. The second-order valence-electron chi connectivity index (χ2n) is 33.1. The molecule has 0 unspecified atom stereocenters. The summed E-state index contributed by atoms with van der Waals surface area (Å²) >= 11 is 0. The van der Waals surface area contributed by atoms with Crippen LogP contribution >= 0.6 is 0 Å². The van der Waals surface area contributed by atoms with Crippen LogP contribution in [-0.4, -0.2) is 26.2 Å². The number of fused-ring (bicyclic) bond motifs is 7. The topological polar surface area (TPSA) is 50.1 Å². The van der Waals surface area contributed by atoms with Crippen molar-refractivity contribution in [3.05, 3.63) is 343 Å². The van der Waals surface area contributed by atoms with Gasteiger partial charge in [0.25, 0.3) is 6.71 Å². The fraction of sp³-hybridized carbons (Fsp3) is 0.155. The maximum Gasteiger partial charge on any atom is 0.252 e. The zero-order valence-electron chi connectivity index (χ0n) is 76.9. The Labute approximate surface area is 666 Å². The summed E-state index contributed by atoms with van der Waals surface area (Å²) in [4.78, 5) is 21.4. The van der Waals surface area contributed by atoms with Gasteiger partial charge in [0.1, 0.15) is 0 Å². The Morgan fingerprint density at radius 1 is 0.282 bits per heavy atom. The molecule has 18 rings (SSSR count). The van der Waals surface area contributed by atoms with E-state index in [1.165, 1.54) is 0 Å². The fourth-order valence-corrected chi connectivity index (χ4v) is 15.9. The molecule has 16 aromatic rings. The number of hydrogen-bond acceptors (Lipinski definition) is 5. The predicted octanol–water partition coefficient (Wildman–Crippen LogP) is 25.6. The molecule has 6 nitrogen and oxygen atoms in total. The van der Waals surface area contributed by atoms with Crippen LogP contribution in [0.1, 0.15) is 123 Å². The van der Waals surface area contributed by atoms with Gasteiger partial charge >= 0.3 is 0 Å². The van der Waals surface area contributed by atoms with Crippen LogP contribution in [0.3, 0.4) is 0 Å². The van der Waals surface area contributed by atoms with Gasteiger partial charge in [-0.25, -0.2) is 15.0 Å². The van der Waals surface area contributed by atoms with Gasteiger partial charge in [-0.15, -0.1) is 0 Å². The number of benzene rings is 14. The van der Waals surface area contributed by atoms with E-state index in [1.54, 1.807) is 4.57 Å². The Morgan fingerprint density at radius 3 is 1.08 bits per heavy atom. The summed E-state index contributed by atoms with van der Waals surface area (Å²) < 4.78 is 125. The van der Waals surface area contributed by atoms with Gasteiger partial charge in [-0.1, -0.05) is 338 Å². The molecule has 0 saturated heterocycles. The van der Waals surface area contributed by atoms with Gasteiger partial charge in [0.15, 0.2) is 17.5 Å². The molecule has 110 heavy (non-hydrogen) atoms. The van der Waals surface area contributed by atoms with Gasteiger partial charge in [-0.3, -0.25) is 0 Å². The standard InChI is InChI=1S/C103H89BN6/c1-100(2,3)75-55-73(56-76(60-75)101(4,5)6)74-58-92-94-93(59-74)110(96-84(69-41-25-16-26-42-69)63-78(103(10,11)12)64-85(96)99-106-97(70-43-27-17-28-44-70)105-98(107-99)71-45-29-18-30-46-71)91-65-79(108-88-49-33-31-47-80(88)81-48-32-34-50-89(81)108)52-54-87(91)104(94)86-53-51-72(66-35-19-13-20-36-66)57-90(86)109(92)95-82(67-37-21-14-22-38-67)61-77(102(7,8)9)62-83(95)68-39-23-15-24-40-68/h13-65H,1-12H3/i13D,19D,20D,31D,32D,33D,34D,35D,36D,47D,48D,49D,50D. The first kappa shape index (κ1) is 55.9. The lowest BCUT2D eigenvalue weighted by atomic mass is 9.33. The molecule has 7 heteroatoms. The lowest BCUT2D eigenvalue weighted by Crippen LogP contribution is -2.61. The largest absolute Gasteiger partial charge is 0.310 e. The highest BCUT2D eigenvalue weighted by Gasteiger charge is 2.47. The van der Waals surface area contributed by atoms with Crippen LogP contribution in [0, 0.1) is 0 Å². The third kappa shape index (κ3) is 12.3. The van der Waals surface area contributed by atoms with Gasteiger partial charge in [-0.2, -0.15) is 0 Å². The second kappa shape index (κ2) is 26.7. The normalized spacial score (nSPS) is 14.5. The van der Waals surface area contributed by atoms with Crippen molar-refractivity contribution in [2.45, 2.75) is 105 Å². The van der Waals surface area contributed by atoms with Crippen molar-refractivity contribution in [3.63, 3.8) is 0 Å². The summed E-state index contributed by atoms with van der Waals surface area (Å²) in [5.41, 5.74) is 18.3. The first-order chi connectivity index (χ1) is 58.5. The zero-order chi connectivity index (χ0) is 86.9. The van der Waals surface area contributed by atoms with Crippen molar-refractivity contribution in [1.29, 1.82) is 0 Å². The van der Waals surface area contributed by atoms with E-state index in [9.17, 15) is 16.4 Å². The molecule has 0 radical (unpaired) electrons. The smallest absolute Gasteiger partial charge is 0.252 e. The van der Waals surface area contributed by atoms with Crippen LogP contribution in [0.5, 0.6) is 0 Å². The van der Waals surface area contributed by atoms with E-state index in [2.05, 4.69) is 208 Å². The molecule has 0 aliphatic carbocycles. The zero-order valence-corrected chi connectivity index (χ0v) is 63.9. The molecule has 534 valence electrons. The average molecular weight is 1430 g/mol. The first-order valence-electron chi connectivity index (χ1n) is 44.2. The van der Waals surface area contributed by atoms with Gasteiger partial charge in [-0.05, 0) is 166 Å². The number of rotatable bonds is 11. The van der Waals surface area contributed by atoms with Crippen LogP contribution in [0.25, 0.3) is 117 Å². The molecule has 0 N–H and O–H groups in total. The number of anilines is 6. The Morgan fingerprint density at radius 2 is 0.636 bits per heavy atom. The fourth-order valence-electron chi connectivity index (χ4n) is 15.9. The highest BCUT2D eigenvalue weighted by Crippen LogP contribution is 2.56. The van der Waals surface area contributed by atoms with Crippen molar-refractivity contribution in [2.75, 3.05) is 9.80 Å². The number of para-hydroxylation sites is 2. The van der Waals surface area contributed by atoms with Crippen molar-refractivity contribution in [1.82, 2.24) is 19.5 Å². The summed E-state index contributed by atoms with van der Waals surface area (Å²) in [6.07, 6.45) is 0.